The molecule has 1 aliphatic heterocycles. The zero-order chi connectivity index (χ0) is 16.3. The highest BCUT2D eigenvalue weighted by atomic mass is 35.5. The topological polar surface area (TPSA) is 23.5 Å². The standard InChI is InChI=1S/C21H22ClNO/c22-18-9-15-7-8-23(12-13-5-6-13)19-10-14-3-1-2-4-16(14)21(19)17(15)11-20(18)24/h1-4,9,11,13,19,21,24H,5-8,10,12H2/t19-,21+/m0/s1. The number of phenols is 1. The molecule has 24 heavy (non-hydrogen) atoms. The molecule has 1 fully saturated rings. The smallest absolute Gasteiger partial charge is 0.134 e. The first-order valence-electron chi connectivity index (χ1n) is 9.04. The van der Waals surface area contributed by atoms with E-state index in [4.69, 9.17) is 11.6 Å². The Balaban J connectivity index is 1.64. The van der Waals surface area contributed by atoms with Crippen LogP contribution in [0.4, 0.5) is 0 Å². The fourth-order valence-electron chi connectivity index (χ4n) is 4.70. The van der Waals surface area contributed by atoms with Crippen LogP contribution in [0.2, 0.25) is 5.02 Å². The molecule has 0 unspecified atom stereocenters. The molecular weight excluding hydrogens is 318 g/mol. The predicted octanol–water partition coefficient (Wildman–Crippen LogP) is 4.37. The summed E-state index contributed by atoms with van der Waals surface area (Å²) < 4.78 is 0. The number of aromatic hydroxyl groups is 1. The average Bonchev–Trinajstić information content (AvgIpc) is 3.33. The van der Waals surface area contributed by atoms with E-state index >= 15 is 0 Å². The third-order valence-electron chi connectivity index (χ3n) is 6.07. The molecule has 0 aromatic heterocycles. The van der Waals surface area contributed by atoms with Crippen LogP contribution in [0.25, 0.3) is 0 Å². The van der Waals surface area contributed by atoms with E-state index in [9.17, 15) is 5.11 Å². The maximum absolute atomic E-state index is 10.2. The Bertz CT molecular complexity index is 798. The van der Waals surface area contributed by atoms with Gasteiger partial charge in [-0.05, 0) is 66.0 Å². The SMILES string of the molecule is Oc1cc2c(cc1Cl)CCN(CC1CC1)[C@H]1Cc3ccccc3[C@H]21. The van der Waals surface area contributed by atoms with E-state index in [0.717, 1.165) is 25.3 Å². The Kier molecular flexibility index (Phi) is 3.39. The maximum atomic E-state index is 10.2. The van der Waals surface area contributed by atoms with E-state index in [2.05, 4.69) is 29.2 Å². The van der Waals surface area contributed by atoms with E-state index in [1.165, 1.54) is 41.6 Å². The lowest BCUT2D eigenvalue weighted by atomic mass is 9.87. The van der Waals surface area contributed by atoms with Crippen molar-refractivity contribution in [3.8, 4) is 5.75 Å². The van der Waals surface area contributed by atoms with Gasteiger partial charge in [-0.1, -0.05) is 35.9 Å². The molecule has 1 N–H and O–H groups in total. The summed E-state index contributed by atoms with van der Waals surface area (Å²) >= 11 is 6.21. The van der Waals surface area contributed by atoms with E-state index in [-0.39, 0.29) is 5.75 Å². The maximum Gasteiger partial charge on any atom is 0.134 e. The summed E-state index contributed by atoms with van der Waals surface area (Å²) in [5.74, 6) is 1.47. The molecule has 5 rings (SSSR count). The van der Waals surface area contributed by atoms with Gasteiger partial charge in [0.25, 0.3) is 0 Å². The van der Waals surface area contributed by atoms with Crippen LogP contribution in [0.5, 0.6) is 5.75 Å². The highest BCUT2D eigenvalue weighted by Crippen LogP contribution is 2.46. The Hall–Kier alpha value is -1.51. The van der Waals surface area contributed by atoms with Gasteiger partial charge in [-0.2, -0.15) is 0 Å². The highest BCUT2D eigenvalue weighted by molar-refractivity contribution is 6.32. The lowest BCUT2D eigenvalue weighted by Gasteiger charge is -2.31. The lowest BCUT2D eigenvalue weighted by Crippen LogP contribution is -2.39. The Morgan fingerprint density at radius 2 is 1.92 bits per heavy atom. The first-order chi connectivity index (χ1) is 11.7. The molecule has 0 spiro atoms. The number of hydrogen-bond acceptors (Lipinski definition) is 2. The first-order valence-corrected chi connectivity index (χ1v) is 9.41. The van der Waals surface area contributed by atoms with Gasteiger partial charge in [0.1, 0.15) is 5.75 Å². The average molecular weight is 340 g/mol. The van der Waals surface area contributed by atoms with Crippen LogP contribution in [0.1, 0.15) is 41.0 Å². The van der Waals surface area contributed by atoms with Crippen LogP contribution in [0, 0.1) is 5.92 Å². The normalized spacial score (nSPS) is 25.7. The first kappa shape index (κ1) is 14.8. The molecule has 3 aliphatic rings. The second-order valence-corrected chi connectivity index (χ2v) is 8.05. The van der Waals surface area contributed by atoms with Crippen molar-refractivity contribution in [2.75, 3.05) is 13.1 Å². The summed E-state index contributed by atoms with van der Waals surface area (Å²) in [6.45, 7) is 2.32. The van der Waals surface area contributed by atoms with Crippen molar-refractivity contribution in [1.82, 2.24) is 4.90 Å². The predicted molar refractivity (Wildman–Crippen MR) is 96.9 cm³/mol. The van der Waals surface area contributed by atoms with Gasteiger partial charge in [0.15, 0.2) is 0 Å². The van der Waals surface area contributed by atoms with Gasteiger partial charge < -0.3 is 5.11 Å². The molecular formula is C21H22ClNO. The van der Waals surface area contributed by atoms with Crippen molar-refractivity contribution in [2.45, 2.75) is 37.6 Å². The molecule has 124 valence electrons. The second-order valence-electron chi connectivity index (χ2n) is 7.64. The van der Waals surface area contributed by atoms with E-state index in [1.54, 1.807) is 0 Å². The van der Waals surface area contributed by atoms with Gasteiger partial charge >= 0.3 is 0 Å². The Morgan fingerprint density at radius 1 is 1.08 bits per heavy atom. The molecule has 0 amide bonds. The Labute approximate surface area is 148 Å². The van der Waals surface area contributed by atoms with Gasteiger partial charge in [-0.25, -0.2) is 0 Å². The van der Waals surface area contributed by atoms with Crippen molar-refractivity contribution < 1.29 is 5.11 Å². The van der Waals surface area contributed by atoms with Gasteiger partial charge in [-0.3, -0.25) is 4.90 Å². The van der Waals surface area contributed by atoms with Gasteiger partial charge in [-0.15, -0.1) is 0 Å². The summed E-state index contributed by atoms with van der Waals surface area (Å²) in [5, 5.41) is 10.7. The summed E-state index contributed by atoms with van der Waals surface area (Å²) in [4.78, 5) is 2.72. The van der Waals surface area contributed by atoms with Crippen LogP contribution in [0.15, 0.2) is 36.4 Å². The van der Waals surface area contributed by atoms with Gasteiger partial charge in [0.2, 0.25) is 0 Å². The lowest BCUT2D eigenvalue weighted by molar-refractivity contribution is 0.189. The molecule has 2 aromatic carbocycles. The summed E-state index contributed by atoms with van der Waals surface area (Å²) in [6.07, 6.45) is 4.93. The fraction of sp³-hybridized carbons (Fsp3) is 0.429. The summed E-state index contributed by atoms with van der Waals surface area (Å²) in [6, 6.07) is 13.3. The minimum Gasteiger partial charge on any atom is -0.506 e. The number of hydrogen-bond donors (Lipinski definition) is 1. The zero-order valence-electron chi connectivity index (χ0n) is 13.7. The van der Waals surface area contributed by atoms with Crippen molar-refractivity contribution in [1.29, 1.82) is 0 Å². The van der Waals surface area contributed by atoms with Crippen LogP contribution in [0.3, 0.4) is 0 Å². The number of rotatable bonds is 2. The highest BCUT2D eigenvalue weighted by Gasteiger charge is 2.41. The van der Waals surface area contributed by atoms with Crippen molar-refractivity contribution >= 4 is 11.6 Å². The molecule has 3 heteroatoms. The van der Waals surface area contributed by atoms with E-state index in [0.29, 0.717) is 17.0 Å². The Morgan fingerprint density at radius 3 is 2.75 bits per heavy atom. The third kappa shape index (κ3) is 2.35. The van der Waals surface area contributed by atoms with Crippen molar-refractivity contribution in [3.05, 3.63) is 63.7 Å². The molecule has 0 bridgehead atoms. The zero-order valence-corrected chi connectivity index (χ0v) is 14.5. The van der Waals surface area contributed by atoms with E-state index < -0.39 is 0 Å². The molecule has 2 nitrogen and oxygen atoms in total. The number of fused-ring (bicyclic) bond motifs is 5. The summed E-state index contributed by atoms with van der Waals surface area (Å²) in [7, 11) is 0. The molecule has 2 atom stereocenters. The van der Waals surface area contributed by atoms with Crippen LogP contribution in [-0.2, 0) is 12.8 Å². The minimum absolute atomic E-state index is 0.217. The van der Waals surface area contributed by atoms with Gasteiger partial charge in [0, 0.05) is 25.0 Å². The number of benzene rings is 2. The van der Waals surface area contributed by atoms with Gasteiger partial charge in [0.05, 0.1) is 5.02 Å². The van der Waals surface area contributed by atoms with Crippen molar-refractivity contribution in [2.24, 2.45) is 5.92 Å². The number of nitrogens with zero attached hydrogens (tertiary/aromatic N) is 1. The molecule has 0 saturated heterocycles. The van der Waals surface area contributed by atoms with Crippen molar-refractivity contribution in [3.63, 3.8) is 0 Å². The van der Waals surface area contributed by atoms with E-state index in [1.807, 2.05) is 12.1 Å². The molecule has 1 saturated carbocycles. The van der Waals surface area contributed by atoms with Crippen LogP contribution < -0.4 is 0 Å². The molecule has 2 aromatic rings. The fourth-order valence-corrected chi connectivity index (χ4v) is 4.89. The number of phenolic OH excluding ortho intramolecular Hbond substituents is 1. The molecule has 2 aliphatic carbocycles. The quantitative estimate of drug-likeness (QED) is 0.878. The van der Waals surface area contributed by atoms with Crippen LogP contribution in [-0.4, -0.2) is 29.1 Å². The largest absolute Gasteiger partial charge is 0.506 e. The number of halogens is 1. The minimum atomic E-state index is 0.217. The molecule has 1 heterocycles. The van der Waals surface area contributed by atoms with Crippen LogP contribution >= 0.6 is 11.6 Å². The monoisotopic (exact) mass is 339 g/mol. The molecule has 0 radical (unpaired) electrons. The summed E-state index contributed by atoms with van der Waals surface area (Å²) in [5.41, 5.74) is 5.50. The third-order valence-corrected chi connectivity index (χ3v) is 6.38. The second kappa shape index (κ2) is 5.50.